The second kappa shape index (κ2) is 4.58. The second-order valence-corrected chi connectivity index (χ2v) is 4.17. The van der Waals surface area contributed by atoms with Gasteiger partial charge in [-0.15, -0.1) is 0 Å². The first-order valence-electron chi connectivity index (χ1n) is 5.40. The lowest BCUT2D eigenvalue weighted by atomic mass is 10.2. The Labute approximate surface area is 95.6 Å². The molecular weight excluding hydrogens is 202 g/mol. The fourth-order valence-electron chi connectivity index (χ4n) is 1.66. The molecule has 16 heavy (non-hydrogen) atoms. The van der Waals surface area contributed by atoms with Crippen molar-refractivity contribution in [2.75, 3.05) is 27.7 Å². The van der Waals surface area contributed by atoms with Crippen LogP contribution >= 0.6 is 0 Å². The van der Waals surface area contributed by atoms with Crippen molar-refractivity contribution in [2.24, 2.45) is 0 Å². The van der Waals surface area contributed by atoms with E-state index < -0.39 is 0 Å². The Hall–Kier alpha value is -1.48. The molecule has 86 valence electrons. The van der Waals surface area contributed by atoms with Crippen molar-refractivity contribution in [3.8, 4) is 5.75 Å². The average molecular weight is 219 g/mol. The van der Waals surface area contributed by atoms with Crippen molar-refractivity contribution in [3.05, 3.63) is 30.0 Å². The lowest BCUT2D eigenvalue weighted by Gasteiger charge is -2.06. The van der Waals surface area contributed by atoms with E-state index in [1.807, 2.05) is 18.2 Å². The third-order valence-corrected chi connectivity index (χ3v) is 2.58. The largest absolute Gasteiger partial charge is 0.497 e. The van der Waals surface area contributed by atoms with Crippen LogP contribution in [0, 0.1) is 0 Å². The van der Waals surface area contributed by atoms with Gasteiger partial charge in [0.25, 0.3) is 0 Å². The number of methoxy groups -OCH3 is 1. The summed E-state index contributed by atoms with van der Waals surface area (Å²) in [6.07, 6.45) is 0.935. The van der Waals surface area contributed by atoms with Gasteiger partial charge in [-0.05, 0) is 38.4 Å². The lowest BCUT2D eigenvalue weighted by molar-refractivity contribution is 0.394. The van der Waals surface area contributed by atoms with Gasteiger partial charge in [0.05, 0.1) is 7.11 Å². The van der Waals surface area contributed by atoms with E-state index in [1.54, 1.807) is 7.11 Å². The Bertz CT molecular complexity index is 474. The summed E-state index contributed by atoms with van der Waals surface area (Å²) in [6.45, 7) is 0.997. The Morgan fingerprint density at radius 2 is 2.06 bits per heavy atom. The fourth-order valence-corrected chi connectivity index (χ4v) is 1.66. The third-order valence-electron chi connectivity index (χ3n) is 2.58. The highest BCUT2D eigenvalue weighted by molar-refractivity contribution is 5.79. The number of rotatable bonds is 4. The summed E-state index contributed by atoms with van der Waals surface area (Å²) < 4.78 is 10.9. The summed E-state index contributed by atoms with van der Waals surface area (Å²) >= 11 is 0. The van der Waals surface area contributed by atoms with Gasteiger partial charge in [0.1, 0.15) is 17.1 Å². The van der Waals surface area contributed by atoms with Crippen LogP contribution < -0.4 is 4.74 Å². The lowest BCUT2D eigenvalue weighted by Crippen LogP contribution is -2.14. The highest BCUT2D eigenvalue weighted by atomic mass is 16.5. The zero-order valence-corrected chi connectivity index (χ0v) is 9.99. The minimum Gasteiger partial charge on any atom is -0.497 e. The predicted octanol–water partition coefficient (Wildman–Crippen LogP) is 2.55. The van der Waals surface area contributed by atoms with Gasteiger partial charge in [-0.2, -0.15) is 0 Å². The molecule has 0 radical (unpaired) electrons. The summed E-state index contributed by atoms with van der Waals surface area (Å²) in [4.78, 5) is 2.15. The van der Waals surface area contributed by atoms with Gasteiger partial charge < -0.3 is 14.1 Å². The van der Waals surface area contributed by atoms with Gasteiger partial charge in [0.2, 0.25) is 0 Å². The molecule has 0 aliphatic rings. The Morgan fingerprint density at radius 1 is 1.25 bits per heavy atom. The van der Waals surface area contributed by atoms with E-state index >= 15 is 0 Å². The van der Waals surface area contributed by atoms with Crippen molar-refractivity contribution in [1.29, 1.82) is 0 Å². The number of nitrogens with zero attached hydrogens (tertiary/aromatic N) is 1. The molecule has 2 rings (SSSR count). The molecule has 0 amide bonds. The maximum atomic E-state index is 5.74. The first kappa shape index (κ1) is 11.0. The van der Waals surface area contributed by atoms with Crippen LogP contribution in [0.5, 0.6) is 5.75 Å². The number of hydrogen-bond donors (Lipinski definition) is 0. The summed E-state index contributed by atoms with van der Waals surface area (Å²) in [6, 6.07) is 7.95. The first-order chi connectivity index (χ1) is 7.69. The third kappa shape index (κ3) is 2.36. The molecule has 0 unspecified atom stereocenters. The highest BCUT2D eigenvalue weighted by Crippen LogP contribution is 2.24. The highest BCUT2D eigenvalue weighted by Gasteiger charge is 2.05. The Morgan fingerprint density at radius 3 is 2.75 bits per heavy atom. The SMILES string of the molecule is COc1ccc2oc(CCN(C)C)cc2c1. The van der Waals surface area contributed by atoms with Crippen LogP contribution in [-0.2, 0) is 6.42 Å². The minimum absolute atomic E-state index is 0.868. The van der Waals surface area contributed by atoms with Crippen LogP contribution in [0.15, 0.2) is 28.7 Å². The van der Waals surface area contributed by atoms with Crippen LogP contribution in [0.1, 0.15) is 5.76 Å². The zero-order chi connectivity index (χ0) is 11.5. The van der Waals surface area contributed by atoms with Crippen LogP contribution in [0.25, 0.3) is 11.0 Å². The fraction of sp³-hybridized carbons (Fsp3) is 0.385. The second-order valence-electron chi connectivity index (χ2n) is 4.17. The maximum Gasteiger partial charge on any atom is 0.134 e. The van der Waals surface area contributed by atoms with Crippen molar-refractivity contribution in [3.63, 3.8) is 0 Å². The summed E-state index contributed by atoms with van der Waals surface area (Å²) in [5.41, 5.74) is 0.926. The zero-order valence-electron chi connectivity index (χ0n) is 9.99. The molecule has 1 aromatic heterocycles. The number of hydrogen-bond acceptors (Lipinski definition) is 3. The molecule has 1 heterocycles. The molecule has 0 saturated heterocycles. The molecule has 0 atom stereocenters. The normalized spacial score (nSPS) is 11.2. The van der Waals surface area contributed by atoms with Gasteiger partial charge >= 0.3 is 0 Å². The van der Waals surface area contributed by atoms with E-state index in [0.717, 1.165) is 35.4 Å². The van der Waals surface area contributed by atoms with Crippen molar-refractivity contribution >= 4 is 11.0 Å². The van der Waals surface area contributed by atoms with E-state index in [9.17, 15) is 0 Å². The molecule has 0 spiro atoms. The minimum atomic E-state index is 0.868. The van der Waals surface area contributed by atoms with E-state index in [0.29, 0.717) is 0 Å². The first-order valence-corrected chi connectivity index (χ1v) is 5.40. The van der Waals surface area contributed by atoms with Crippen LogP contribution in [-0.4, -0.2) is 32.6 Å². The molecule has 1 aromatic carbocycles. The van der Waals surface area contributed by atoms with Crippen LogP contribution in [0.3, 0.4) is 0 Å². The molecule has 3 nitrogen and oxygen atoms in total. The molecule has 2 aromatic rings. The summed E-state index contributed by atoms with van der Waals surface area (Å²) in [5, 5.41) is 1.10. The Kier molecular flexibility index (Phi) is 3.15. The van der Waals surface area contributed by atoms with E-state index in [4.69, 9.17) is 9.15 Å². The maximum absolute atomic E-state index is 5.74. The van der Waals surface area contributed by atoms with Crippen molar-refractivity contribution in [1.82, 2.24) is 4.90 Å². The van der Waals surface area contributed by atoms with Crippen molar-refractivity contribution < 1.29 is 9.15 Å². The molecule has 3 heteroatoms. The van der Waals surface area contributed by atoms with Gasteiger partial charge in [-0.1, -0.05) is 0 Å². The molecule has 0 aliphatic carbocycles. The number of benzene rings is 1. The number of ether oxygens (including phenoxy) is 1. The molecule has 0 aliphatic heterocycles. The van der Waals surface area contributed by atoms with Crippen LogP contribution in [0.4, 0.5) is 0 Å². The van der Waals surface area contributed by atoms with E-state index in [-0.39, 0.29) is 0 Å². The van der Waals surface area contributed by atoms with Gasteiger partial charge in [0, 0.05) is 18.4 Å². The van der Waals surface area contributed by atoms with Gasteiger partial charge in [-0.25, -0.2) is 0 Å². The van der Waals surface area contributed by atoms with Gasteiger partial charge in [0.15, 0.2) is 0 Å². The molecule has 0 saturated carbocycles. The quantitative estimate of drug-likeness (QED) is 0.790. The van der Waals surface area contributed by atoms with E-state index in [1.165, 1.54) is 0 Å². The smallest absolute Gasteiger partial charge is 0.134 e. The average Bonchev–Trinajstić information content (AvgIpc) is 2.67. The van der Waals surface area contributed by atoms with E-state index in [2.05, 4.69) is 25.1 Å². The molecular formula is C13H17NO2. The summed E-state index contributed by atoms with van der Waals surface area (Å²) in [7, 11) is 5.80. The number of furan rings is 1. The molecule has 0 bridgehead atoms. The predicted molar refractivity (Wildman–Crippen MR) is 65.0 cm³/mol. The van der Waals surface area contributed by atoms with Crippen molar-refractivity contribution in [2.45, 2.75) is 6.42 Å². The number of likely N-dealkylation sites (N-methyl/N-ethyl adjacent to an activating group) is 1. The van der Waals surface area contributed by atoms with Crippen LogP contribution in [0.2, 0.25) is 0 Å². The topological polar surface area (TPSA) is 25.6 Å². The van der Waals surface area contributed by atoms with Gasteiger partial charge in [-0.3, -0.25) is 0 Å². The summed E-state index contributed by atoms with van der Waals surface area (Å²) in [5.74, 6) is 1.89. The monoisotopic (exact) mass is 219 g/mol. The molecule has 0 fully saturated rings. The Balaban J connectivity index is 2.22. The molecule has 0 N–H and O–H groups in total. The standard InChI is InChI=1S/C13H17NO2/c1-14(2)7-6-12-9-10-8-11(15-3)4-5-13(10)16-12/h4-5,8-9H,6-7H2,1-3H3. The number of fused-ring (bicyclic) bond motifs is 1.